The SMILES string of the molecule is COc1nc(N[C@H]2C[C@](C)(N3CCCC3=O)C2)nc2[nH]cc(-c3ccc4nc(C)n(CC(F)F)c4c3)c12. The van der Waals surface area contributed by atoms with Gasteiger partial charge in [0.15, 0.2) is 0 Å². The van der Waals surface area contributed by atoms with Crippen LogP contribution in [0.2, 0.25) is 0 Å². The van der Waals surface area contributed by atoms with Gasteiger partial charge in [0.05, 0.1) is 30.1 Å². The smallest absolute Gasteiger partial charge is 0.256 e. The summed E-state index contributed by atoms with van der Waals surface area (Å²) in [7, 11) is 1.56. The molecule has 4 aromatic rings. The van der Waals surface area contributed by atoms with E-state index in [2.05, 4.69) is 32.2 Å². The lowest BCUT2D eigenvalue weighted by molar-refractivity contribution is -0.136. The van der Waals surface area contributed by atoms with E-state index in [4.69, 9.17) is 4.74 Å². The van der Waals surface area contributed by atoms with Crippen LogP contribution in [0.15, 0.2) is 24.4 Å². The van der Waals surface area contributed by atoms with E-state index < -0.39 is 13.0 Å². The molecule has 3 aromatic heterocycles. The van der Waals surface area contributed by atoms with Crippen LogP contribution in [0.1, 0.15) is 38.4 Å². The summed E-state index contributed by atoms with van der Waals surface area (Å²) in [6.07, 6.45) is 2.60. The molecular weight excluding hydrogens is 480 g/mol. The molecule has 2 N–H and O–H groups in total. The highest BCUT2D eigenvalue weighted by atomic mass is 19.3. The number of nitrogens with one attached hydrogen (secondary N) is 2. The molecule has 0 atom stereocenters. The summed E-state index contributed by atoms with van der Waals surface area (Å²) in [4.78, 5) is 31.1. The molecule has 4 heterocycles. The molecule has 0 bridgehead atoms. The number of H-pyrrole nitrogens is 1. The monoisotopic (exact) mass is 509 g/mol. The number of carbonyl (C=O) groups excluding carboxylic acids is 1. The van der Waals surface area contributed by atoms with Crippen molar-refractivity contribution in [3.05, 3.63) is 30.2 Å². The molecular formula is C26H29F2N7O2. The summed E-state index contributed by atoms with van der Waals surface area (Å²) >= 11 is 0. The van der Waals surface area contributed by atoms with Gasteiger partial charge in [-0.3, -0.25) is 4.79 Å². The Kier molecular flexibility index (Phi) is 5.54. The van der Waals surface area contributed by atoms with Crippen LogP contribution in [-0.2, 0) is 11.3 Å². The molecule has 6 rings (SSSR count). The maximum Gasteiger partial charge on any atom is 0.256 e. The standard InChI is InChI=1S/C26H29F2N7O2/c1-14-30-18-7-6-15(9-19(18)34(14)13-20(27)28)17-12-29-23-22(17)24(37-3)33-25(32-23)31-16-10-26(2,11-16)35-8-4-5-21(35)36/h6-7,9,12,16,20H,4-5,8,10-11,13H2,1-3H3,(H2,29,31,32,33)/t16-,26-. The normalized spacial score (nSPS) is 21.8. The lowest BCUT2D eigenvalue weighted by Gasteiger charge is -2.51. The van der Waals surface area contributed by atoms with E-state index in [9.17, 15) is 13.6 Å². The topological polar surface area (TPSA) is 101 Å². The zero-order valence-corrected chi connectivity index (χ0v) is 21.0. The predicted octanol–water partition coefficient (Wildman–Crippen LogP) is 4.51. The number of carbonyl (C=O) groups is 1. The van der Waals surface area contributed by atoms with Crippen molar-refractivity contribution in [2.75, 3.05) is 19.0 Å². The highest BCUT2D eigenvalue weighted by Crippen LogP contribution is 2.42. The summed E-state index contributed by atoms with van der Waals surface area (Å²) in [5, 5.41) is 4.11. The van der Waals surface area contributed by atoms with E-state index in [1.165, 1.54) is 4.57 Å². The largest absolute Gasteiger partial charge is 0.480 e. The molecule has 2 aliphatic rings. The van der Waals surface area contributed by atoms with Gasteiger partial charge in [0.2, 0.25) is 17.7 Å². The first kappa shape index (κ1) is 23.6. The van der Waals surface area contributed by atoms with Crippen LogP contribution in [-0.4, -0.2) is 67.0 Å². The highest BCUT2D eigenvalue weighted by Gasteiger charge is 2.48. The van der Waals surface area contributed by atoms with Crippen molar-refractivity contribution in [3.8, 4) is 17.0 Å². The molecule has 37 heavy (non-hydrogen) atoms. The number of likely N-dealkylation sites (tertiary alicyclic amines) is 1. The molecule has 0 unspecified atom stereocenters. The van der Waals surface area contributed by atoms with E-state index in [1.807, 2.05) is 29.3 Å². The van der Waals surface area contributed by atoms with E-state index in [0.717, 1.165) is 36.9 Å². The lowest BCUT2D eigenvalue weighted by atomic mass is 9.73. The molecule has 1 saturated carbocycles. The van der Waals surface area contributed by atoms with Crippen LogP contribution in [0.25, 0.3) is 33.2 Å². The number of amides is 1. The van der Waals surface area contributed by atoms with Crippen LogP contribution in [0.5, 0.6) is 5.88 Å². The molecule has 11 heteroatoms. The third kappa shape index (κ3) is 3.96. The summed E-state index contributed by atoms with van der Waals surface area (Å²) in [5.74, 6) is 1.66. The van der Waals surface area contributed by atoms with Crippen molar-refractivity contribution < 1.29 is 18.3 Å². The number of hydrogen-bond donors (Lipinski definition) is 2. The first-order chi connectivity index (χ1) is 17.8. The van der Waals surface area contributed by atoms with Crippen molar-refractivity contribution in [3.63, 3.8) is 0 Å². The first-order valence-electron chi connectivity index (χ1n) is 12.5. The van der Waals surface area contributed by atoms with Crippen LogP contribution >= 0.6 is 0 Å². The Morgan fingerprint density at radius 1 is 1.27 bits per heavy atom. The second kappa shape index (κ2) is 8.67. The third-order valence-electron chi connectivity index (χ3n) is 7.69. The Labute approximate surface area is 212 Å². The molecule has 1 aromatic carbocycles. The molecule has 1 amide bonds. The summed E-state index contributed by atoms with van der Waals surface area (Å²) in [5.41, 5.74) is 3.44. The lowest BCUT2D eigenvalue weighted by Crippen LogP contribution is -2.59. The van der Waals surface area contributed by atoms with Crippen LogP contribution < -0.4 is 10.1 Å². The number of aromatic amines is 1. The van der Waals surface area contributed by atoms with E-state index >= 15 is 0 Å². The van der Waals surface area contributed by atoms with Gasteiger partial charge in [-0.05, 0) is 50.8 Å². The number of alkyl halides is 2. The molecule has 9 nitrogen and oxygen atoms in total. The number of ether oxygens (including phenoxy) is 1. The fraction of sp³-hybridized carbons (Fsp3) is 0.462. The van der Waals surface area contributed by atoms with Gasteiger partial charge >= 0.3 is 0 Å². The average Bonchev–Trinajstić information content (AvgIpc) is 3.54. The van der Waals surface area contributed by atoms with Crippen LogP contribution in [0.3, 0.4) is 0 Å². The number of halogens is 2. The van der Waals surface area contributed by atoms with Crippen molar-refractivity contribution in [1.82, 2.24) is 29.4 Å². The van der Waals surface area contributed by atoms with Crippen molar-refractivity contribution >= 4 is 33.9 Å². The molecule has 0 spiro atoms. The van der Waals surface area contributed by atoms with Gasteiger partial charge in [0, 0.05) is 36.3 Å². The van der Waals surface area contributed by atoms with Gasteiger partial charge in [0.1, 0.15) is 11.5 Å². The summed E-state index contributed by atoms with van der Waals surface area (Å²) in [6.45, 7) is 4.29. The van der Waals surface area contributed by atoms with Crippen LogP contribution in [0, 0.1) is 6.92 Å². The van der Waals surface area contributed by atoms with Gasteiger partial charge < -0.3 is 24.5 Å². The fourth-order valence-electron chi connectivity index (χ4n) is 5.95. The molecule has 2 fully saturated rings. The molecule has 0 radical (unpaired) electrons. The Morgan fingerprint density at radius 3 is 2.78 bits per heavy atom. The minimum atomic E-state index is -2.48. The third-order valence-corrected chi connectivity index (χ3v) is 7.69. The number of hydrogen-bond acceptors (Lipinski definition) is 6. The van der Waals surface area contributed by atoms with Gasteiger partial charge in [0.25, 0.3) is 6.43 Å². The maximum absolute atomic E-state index is 13.2. The zero-order valence-electron chi connectivity index (χ0n) is 21.0. The Morgan fingerprint density at radius 2 is 2.08 bits per heavy atom. The minimum Gasteiger partial charge on any atom is -0.480 e. The second-order valence-corrected chi connectivity index (χ2v) is 10.2. The second-order valence-electron chi connectivity index (χ2n) is 10.2. The number of imidazole rings is 1. The number of benzene rings is 1. The van der Waals surface area contributed by atoms with Crippen molar-refractivity contribution in [2.24, 2.45) is 0 Å². The number of rotatable bonds is 7. The van der Waals surface area contributed by atoms with Crippen molar-refractivity contribution in [2.45, 2.75) is 64.1 Å². The minimum absolute atomic E-state index is 0.118. The Balaban J connectivity index is 1.29. The van der Waals surface area contributed by atoms with E-state index in [-0.39, 0.29) is 17.5 Å². The summed E-state index contributed by atoms with van der Waals surface area (Å²) < 4.78 is 33.5. The number of fused-ring (bicyclic) bond motifs is 2. The quantitative estimate of drug-likeness (QED) is 0.380. The van der Waals surface area contributed by atoms with Gasteiger partial charge in [-0.15, -0.1) is 0 Å². The fourth-order valence-corrected chi connectivity index (χ4v) is 5.95. The van der Waals surface area contributed by atoms with E-state index in [0.29, 0.717) is 46.1 Å². The number of aryl methyl sites for hydroxylation is 1. The molecule has 1 aliphatic carbocycles. The average molecular weight is 510 g/mol. The predicted molar refractivity (Wildman–Crippen MR) is 136 cm³/mol. The van der Waals surface area contributed by atoms with Crippen molar-refractivity contribution in [1.29, 1.82) is 0 Å². The van der Waals surface area contributed by atoms with Gasteiger partial charge in [-0.25, -0.2) is 13.8 Å². The molecule has 1 saturated heterocycles. The first-order valence-corrected chi connectivity index (χ1v) is 12.5. The molecule has 1 aliphatic heterocycles. The Bertz CT molecular complexity index is 1510. The number of aromatic nitrogens is 5. The molecule has 194 valence electrons. The summed E-state index contributed by atoms with van der Waals surface area (Å²) in [6, 6.07) is 5.77. The number of anilines is 1. The zero-order chi connectivity index (χ0) is 25.9. The number of methoxy groups -OCH3 is 1. The highest BCUT2D eigenvalue weighted by molar-refractivity contribution is 5.99. The van der Waals surface area contributed by atoms with Gasteiger partial charge in [-0.2, -0.15) is 9.97 Å². The van der Waals surface area contributed by atoms with E-state index in [1.54, 1.807) is 14.0 Å². The number of nitrogens with zero attached hydrogens (tertiary/aromatic N) is 5. The Hall–Kier alpha value is -3.76. The van der Waals surface area contributed by atoms with Gasteiger partial charge in [-0.1, -0.05) is 6.07 Å². The maximum atomic E-state index is 13.2. The van der Waals surface area contributed by atoms with Crippen LogP contribution in [0.4, 0.5) is 14.7 Å².